The average molecular weight is 262 g/mol. The summed E-state index contributed by atoms with van der Waals surface area (Å²) in [5, 5.41) is 22.5. The number of nitro benzene ring substituents is 1. The van der Waals surface area contributed by atoms with Gasteiger partial charge < -0.3 is 4.84 Å². The van der Waals surface area contributed by atoms with Crippen molar-refractivity contribution in [2.45, 2.75) is 32.5 Å². The van der Waals surface area contributed by atoms with E-state index in [4.69, 9.17) is 4.84 Å². The van der Waals surface area contributed by atoms with E-state index >= 15 is 0 Å². The van der Waals surface area contributed by atoms with Gasteiger partial charge in [0, 0.05) is 17.7 Å². The second-order valence-electron chi connectivity index (χ2n) is 4.43. The Morgan fingerprint density at radius 2 is 2.11 bits per heavy atom. The van der Waals surface area contributed by atoms with E-state index in [9.17, 15) is 10.1 Å². The first-order valence-corrected chi connectivity index (χ1v) is 5.93. The van der Waals surface area contributed by atoms with Crippen LogP contribution >= 0.6 is 0 Å². The molecule has 0 saturated heterocycles. The van der Waals surface area contributed by atoms with E-state index < -0.39 is 11.2 Å². The third-order valence-electron chi connectivity index (χ3n) is 2.49. The molecule has 0 aliphatic carbocycles. The summed E-state index contributed by atoms with van der Waals surface area (Å²) < 4.78 is 0. The van der Waals surface area contributed by atoms with E-state index in [0.29, 0.717) is 6.42 Å². The van der Waals surface area contributed by atoms with E-state index in [1.807, 2.05) is 13.8 Å². The van der Waals surface area contributed by atoms with Crippen molar-refractivity contribution < 1.29 is 9.76 Å². The molecule has 0 saturated carbocycles. The lowest BCUT2D eigenvalue weighted by Crippen LogP contribution is -2.05. The maximum Gasteiger partial charge on any atom is 0.269 e. The van der Waals surface area contributed by atoms with Gasteiger partial charge in [0.25, 0.3) is 5.69 Å². The Morgan fingerprint density at radius 1 is 1.42 bits per heavy atom. The predicted molar refractivity (Wildman–Crippen MR) is 69.1 cm³/mol. The molecule has 0 radical (unpaired) electrons. The number of hydrogen-bond acceptors (Lipinski definition) is 6. The molecule has 0 aromatic heterocycles. The van der Waals surface area contributed by atoms with Gasteiger partial charge in [-0.1, -0.05) is 5.16 Å². The molecule has 1 aromatic carbocycles. The predicted octanol–water partition coefficient (Wildman–Crippen LogP) is 2.91. The maximum absolute atomic E-state index is 10.6. The summed E-state index contributed by atoms with van der Waals surface area (Å²) in [5.74, 6) is 0. The number of benzene rings is 1. The highest BCUT2D eigenvalue weighted by Gasteiger charge is 2.22. The summed E-state index contributed by atoms with van der Waals surface area (Å²) in [6.45, 7) is 3.85. The smallest absolute Gasteiger partial charge is 0.269 e. The minimum absolute atomic E-state index is 0.0549. The third kappa shape index (κ3) is 3.34. The zero-order chi connectivity index (χ0) is 13.8. The third-order valence-corrected chi connectivity index (χ3v) is 2.49. The van der Waals surface area contributed by atoms with Crippen LogP contribution in [-0.2, 0) is 4.84 Å². The zero-order valence-electron chi connectivity index (χ0n) is 10.7. The Bertz CT molecular complexity index is 522. The van der Waals surface area contributed by atoms with Gasteiger partial charge in [-0.15, -0.1) is 5.11 Å². The van der Waals surface area contributed by atoms with Crippen molar-refractivity contribution in [2.75, 3.05) is 0 Å². The molecule has 0 N–H and O–H groups in total. The number of rotatable bonds is 4. The number of azo groups is 1. The summed E-state index contributed by atoms with van der Waals surface area (Å²) in [5.41, 5.74) is 1.58. The normalized spacial score (nSPS) is 18.7. The molecule has 0 amide bonds. The second kappa shape index (κ2) is 5.55. The minimum atomic E-state index is -0.434. The van der Waals surface area contributed by atoms with Crippen LogP contribution in [0.15, 0.2) is 39.6 Å². The molecule has 7 nitrogen and oxygen atoms in total. The molecular weight excluding hydrogens is 248 g/mol. The van der Waals surface area contributed by atoms with Crippen molar-refractivity contribution >= 4 is 11.4 Å². The maximum atomic E-state index is 10.6. The Morgan fingerprint density at radius 3 is 2.68 bits per heavy atom. The number of hydrogen-bond donors (Lipinski definition) is 0. The highest BCUT2D eigenvalue weighted by Crippen LogP contribution is 2.20. The molecule has 1 unspecified atom stereocenters. The summed E-state index contributed by atoms with van der Waals surface area (Å²) in [7, 11) is 0. The first-order chi connectivity index (χ1) is 9.06. The lowest BCUT2D eigenvalue weighted by molar-refractivity contribution is -0.384. The van der Waals surface area contributed by atoms with Gasteiger partial charge in [-0.3, -0.25) is 10.1 Å². The summed E-state index contributed by atoms with van der Waals surface area (Å²) in [6.07, 6.45) is 0.126. The summed E-state index contributed by atoms with van der Waals surface area (Å²) in [4.78, 5) is 15.3. The fourth-order valence-electron chi connectivity index (χ4n) is 1.58. The van der Waals surface area contributed by atoms with Crippen LogP contribution in [-0.4, -0.2) is 22.9 Å². The van der Waals surface area contributed by atoms with E-state index in [1.54, 1.807) is 12.1 Å². The highest BCUT2D eigenvalue weighted by molar-refractivity contribution is 6.01. The topological polar surface area (TPSA) is 89.5 Å². The lowest BCUT2D eigenvalue weighted by Gasteiger charge is -2.01. The van der Waals surface area contributed by atoms with Crippen molar-refractivity contribution in [3.8, 4) is 0 Å². The van der Waals surface area contributed by atoms with Gasteiger partial charge in [0.15, 0.2) is 0 Å². The molecular formula is C12H14N4O3. The molecule has 2 rings (SSSR count). The van der Waals surface area contributed by atoms with Gasteiger partial charge in [-0.2, -0.15) is 5.11 Å². The zero-order valence-corrected chi connectivity index (χ0v) is 10.7. The van der Waals surface area contributed by atoms with Gasteiger partial charge >= 0.3 is 0 Å². The summed E-state index contributed by atoms with van der Waals surface area (Å²) in [6, 6.07) is 6.32. The van der Waals surface area contributed by atoms with Crippen LogP contribution in [0.25, 0.3) is 0 Å². The molecule has 0 fully saturated rings. The Labute approximate surface area is 110 Å². The van der Waals surface area contributed by atoms with Crippen molar-refractivity contribution in [1.29, 1.82) is 0 Å². The van der Waals surface area contributed by atoms with Crippen LogP contribution in [0.4, 0.5) is 5.69 Å². The summed E-state index contributed by atoms with van der Waals surface area (Å²) >= 11 is 0. The van der Waals surface area contributed by atoms with Crippen molar-refractivity contribution in [3.05, 3.63) is 39.9 Å². The standard InChI is InChI=1S/C12H14N4O3/c1-8(2)13-14-12-7-11(15-19-12)9-3-5-10(6-4-9)16(17)18/h3-6,8,12H,7H2,1-2H3. The first-order valence-electron chi connectivity index (χ1n) is 5.93. The van der Waals surface area contributed by atoms with Gasteiger partial charge in [0.1, 0.15) is 0 Å². The van der Waals surface area contributed by atoms with E-state index in [-0.39, 0.29) is 11.7 Å². The van der Waals surface area contributed by atoms with Crippen LogP contribution < -0.4 is 0 Å². The van der Waals surface area contributed by atoms with Gasteiger partial charge in [0.2, 0.25) is 6.23 Å². The Kier molecular flexibility index (Phi) is 3.84. The molecule has 100 valence electrons. The molecule has 1 heterocycles. The Balaban J connectivity index is 2.02. The SMILES string of the molecule is CC(C)N=NC1CC(c2ccc([N+](=O)[O-])cc2)=NO1. The largest absolute Gasteiger partial charge is 0.366 e. The van der Waals surface area contributed by atoms with E-state index in [2.05, 4.69) is 15.4 Å². The minimum Gasteiger partial charge on any atom is -0.366 e. The molecule has 1 aliphatic rings. The first kappa shape index (κ1) is 13.1. The van der Waals surface area contributed by atoms with Crippen molar-refractivity contribution in [1.82, 2.24) is 0 Å². The molecule has 0 bridgehead atoms. The lowest BCUT2D eigenvalue weighted by atomic mass is 10.1. The van der Waals surface area contributed by atoms with Gasteiger partial charge in [-0.05, 0) is 26.0 Å². The number of nitrogens with zero attached hydrogens (tertiary/aromatic N) is 4. The fraction of sp³-hybridized carbons (Fsp3) is 0.417. The highest BCUT2D eigenvalue weighted by atomic mass is 16.7. The number of nitro groups is 1. The average Bonchev–Trinajstić information content (AvgIpc) is 2.85. The van der Waals surface area contributed by atoms with Crippen molar-refractivity contribution in [3.63, 3.8) is 0 Å². The van der Waals surface area contributed by atoms with E-state index in [1.165, 1.54) is 12.1 Å². The van der Waals surface area contributed by atoms with E-state index in [0.717, 1.165) is 11.3 Å². The Hall–Kier alpha value is -2.31. The molecule has 0 spiro atoms. The molecule has 1 aromatic rings. The van der Waals surface area contributed by atoms with Crippen LogP contribution in [0.3, 0.4) is 0 Å². The molecule has 1 atom stereocenters. The van der Waals surface area contributed by atoms with Crippen LogP contribution in [0, 0.1) is 10.1 Å². The van der Waals surface area contributed by atoms with Crippen LogP contribution in [0.2, 0.25) is 0 Å². The molecule has 19 heavy (non-hydrogen) atoms. The quantitative estimate of drug-likeness (QED) is 0.474. The van der Waals surface area contributed by atoms with Gasteiger partial charge in [0.05, 0.1) is 23.1 Å². The van der Waals surface area contributed by atoms with Crippen molar-refractivity contribution in [2.24, 2.45) is 15.4 Å². The molecule has 7 heteroatoms. The number of non-ortho nitro benzene ring substituents is 1. The second-order valence-corrected chi connectivity index (χ2v) is 4.43. The fourth-order valence-corrected chi connectivity index (χ4v) is 1.58. The molecule has 1 aliphatic heterocycles. The van der Waals surface area contributed by atoms with Crippen LogP contribution in [0.1, 0.15) is 25.8 Å². The number of oxime groups is 1. The van der Waals surface area contributed by atoms with Gasteiger partial charge in [-0.25, -0.2) is 0 Å². The monoisotopic (exact) mass is 262 g/mol. The van der Waals surface area contributed by atoms with Crippen LogP contribution in [0.5, 0.6) is 0 Å².